The molecule has 1 fully saturated rings. The lowest BCUT2D eigenvalue weighted by Crippen LogP contribution is -2.49. The molecule has 2 N–H and O–H groups in total. The average Bonchev–Trinajstić information content (AvgIpc) is 2.62. The molecule has 2 atom stereocenters. The van der Waals surface area contributed by atoms with Crippen molar-refractivity contribution in [1.82, 2.24) is 14.7 Å². The molecule has 24 heavy (non-hydrogen) atoms. The highest BCUT2D eigenvalue weighted by Gasteiger charge is 2.30. The van der Waals surface area contributed by atoms with E-state index in [-0.39, 0.29) is 23.2 Å². The monoisotopic (exact) mass is 326 g/mol. The number of aromatic nitrogens is 2. The van der Waals surface area contributed by atoms with Crippen molar-refractivity contribution >= 4 is 5.91 Å². The van der Waals surface area contributed by atoms with Gasteiger partial charge in [-0.3, -0.25) is 9.59 Å². The molecule has 126 valence electrons. The molecule has 0 radical (unpaired) electrons. The molecule has 0 aliphatic carbocycles. The van der Waals surface area contributed by atoms with Gasteiger partial charge in [0.25, 0.3) is 11.5 Å². The van der Waals surface area contributed by atoms with Gasteiger partial charge in [0.15, 0.2) is 0 Å². The number of likely N-dealkylation sites (tertiary alicyclic amines) is 1. The Morgan fingerprint density at radius 1 is 1.25 bits per heavy atom. The number of nitrogens with two attached hydrogens (primary N) is 1. The fourth-order valence-corrected chi connectivity index (χ4v) is 3.17. The van der Waals surface area contributed by atoms with Gasteiger partial charge in [-0.05, 0) is 37.0 Å². The van der Waals surface area contributed by atoms with Crippen molar-refractivity contribution in [3.8, 4) is 5.69 Å². The van der Waals surface area contributed by atoms with Crippen molar-refractivity contribution in [3.63, 3.8) is 0 Å². The first-order valence-corrected chi connectivity index (χ1v) is 8.27. The quantitative estimate of drug-likeness (QED) is 0.925. The van der Waals surface area contributed by atoms with Gasteiger partial charge in [0.2, 0.25) is 0 Å². The Morgan fingerprint density at radius 2 is 2.00 bits per heavy atom. The number of para-hydroxylation sites is 1. The van der Waals surface area contributed by atoms with E-state index in [1.54, 1.807) is 17.0 Å². The highest BCUT2D eigenvalue weighted by molar-refractivity contribution is 5.92. The predicted molar refractivity (Wildman–Crippen MR) is 92.1 cm³/mol. The molecule has 1 saturated heterocycles. The zero-order valence-electron chi connectivity index (χ0n) is 13.8. The van der Waals surface area contributed by atoms with Crippen molar-refractivity contribution in [2.24, 2.45) is 11.7 Å². The molecule has 2 unspecified atom stereocenters. The van der Waals surface area contributed by atoms with Crippen LogP contribution in [0.25, 0.3) is 5.69 Å². The lowest BCUT2D eigenvalue weighted by Gasteiger charge is -2.37. The van der Waals surface area contributed by atoms with Crippen molar-refractivity contribution in [1.29, 1.82) is 0 Å². The van der Waals surface area contributed by atoms with Gasteiger partial charge in [-0.25, -0.2) is 0 Å². The van der Waals surface area contributed by atoms with Crippen LogP contribution in [0.4, 0.5) is 0 Å². The van der Waals surface area contributed by atoms with Crippen LogP contribution in [-0.4, -0.2) is 39.7 Å². The number of piperidine rings is 1. The molecule has 1 amide bonds. The molecule has 6 heteroatoms. The van der Waals surface area contributed by atoms with Crippen LogP contribution in [0.1, 0.15) is 30.3 Å². The summed E-state index contributed by atoms with van der Waals surface area (Å²) >= 11 is 0. The minimum Gasteiger partial charge on any atom is -0.333 e. The van der Waals surface area contributed by atoms with Gasteiger partial charge >= 0.3 is 0 Å². The molecule has 0 spiro atoms. The Hall–Kier alpha value is -2.47. The smallest absolute Gasteiger partial charge is 0.274 e. The Balaban J connectivity index is 1.92. The number of benzene rings is 1. The molecular weight excluding hydrogens is 304 g/mol. The molecule has 1 aliphatic rings. The van der Waals surface area contributed by atoms with Gasteiger partial charge in [0.1, 0.15) is 5.69 Å². The van der Waals surface area contributed by atoms with Crippen LogP contribution in [-0.2, 0) is 0 Å². The maximum absolute atomic E-state index is 12.9. The van der Waals surface area contributed by atoms with E-state index in [1.807, 2.05) is 18.2 Å². The number of rotatable bonds is 3. The lowest BCUT2D eigenvalue weighted by molar-refractivity contribution is 0.0565. The Bertz CT molecular complexity index is 772. The third kappa shape index (κ3) is 3.23. The summed E-state index contributed by atoms with van der Waals surface area (Å²) in [7, 11) is 0. The molecule has 0 saturated carbocycles. The highest BCUT2D eigenvalue weighted by Crippen LogP contribution is 2.23. The SMILES string of the molecule is CC1CCN(C(=O)c2ccc(=O)n(-c3ccccc3)n2)C(CN)C1. The van der Waals surface area contributed by atoms with Crippen molar-refractivity contribution in [2.45, 2.75) is 25.8 Å². The van der Waals surface area contributed by atoms with E-state index in [0.717, 1.165) is 12.8 Å². The Labute approximate surface area is 140 Å². The van der Waals surface area contributed by atoms with Gasteiger partial charge < -0.3 is 10.6 Å². The van der Waals surface area contributed by atoms with Crippen molar-refractivity contribution in [2.75, 3.05) is 13.1 Å². The molecule has 3 rings (SSSR count). The molecule has 1 aromatic carbocycles. The summed E-state index contributed by atoms with van der Waals surface area (Å²) in [6, 6.07) is 12.0. The summed E-state index contributed by atoms with van der Waals surface area (Å²) in [5.74, 6) is 0.399. The lowest BCUT2D eigenvalue weighted by atomic mass is 9.92. The molecule has 1 aliphatic heterocycles. The second kappa shape index (κ2) is 6.97. The van der Waals surface area contributed by atoms with Crippen LogP contribution in [0, 0.1) is 5.92 Å². The maximum atomic E-state index is 12.9. The fraction of sp³-hybridized carbons (Fsp3) is 0.389. The summed E-state index contributed by atoms with van der Waals surface area (Å²) in [4.78, 5) is 26.7. The van der Waals surface area contributed by atoms with Gasteiger partial charge in [0, 0.05) is 25.2 Å². The van der Waals surface area contributed by atoms with E-state index in [1.165, 1.54) is 16.8 Å². The zero-order valence-corrected chi connectivity index (χ0v) is 13.8. The fourth-order valence-electron chi connectivity index (χ4n) is 3.17. The van der Waals surface area contributed by atoms with Crippen LogP contribution < -0.4 is 11.3 Å². The number of nitrogens with zero attached hydrogens (tertiary/aromatic N) is 3. The highest BCUT2D eigenvalue weighted by atomic mass is 16.2. The number of carbonyl (C=O) groups excluding carboxylic acids is 1. The number of hydrogen-bond acceptors (Lipinski definition) is 4. The minimum absolute atomic E-state index is 0.0279. The van der Waals surface area contributed by atoms with E-state index in [2.05, 4.69) is 12.0 Å². The number of amides is 1. The summed E-state index contributed by atoms with van der Waals surface area (Å²) in [5, 5.41) is 4.28. The van der Waals surface area contributed by atoms with E-state index >= 15 is 0 Å². The summed E-state index contributed by atoms with van der Waals surface area (Å²) < 4.78 is 1.26. The van der Waals surface area contributed by atoms with Gasteiger partial charge in [-0.2, -0.15) is 9.78 Å². The third-order valence-corrected chi connectivity index (χ3v) is 4.53. The summed E-state index contributed by atoms with van der Waals surface area (Å²) in [6.45, 7) is 3.29. The molecule has 2 heterocycles. The normalized spacial score (nSPS) is 20.8. The molecular formula is C18H22N4O2. The van der Waals surface area contributed by atoms with Crippen molar-refractivity contribution < 1.29 is 4.79 Å². The standard InChI is InChI=1S/C18H22N4O2/c1-13-9-10-21(15(11-13)12-19)18(24)16-7-8-17(23)22(20-16)14-5-3-2-4-6-14/h2-8,13,15H,9-12,19H2,1H3. The summed E-state index contributed by atoms with van der Waals surface area (Å²) in [6.07, 6.45) is 1.86. The van der Waals surface area contributed by atoms with Gasteiger partial charge in [-0.1, -0.05) is 25.1 Å². The minimum atomic E-state index is -0.264. The van der Waals surface area contributed by atoms with E-state index < -0.39 is 0 Å². The Morgan fingerprint density at radius 3 is 2.71 bits per heavy atom. The van der Waals surface area contributed by atoms with E-state index in [9.17, 15) is 9.59 Å². The second-order valence-electron chi connectivity index (χ2n) is 6.32. The third-order valence-electron chi connectivity index (χ3n) is 4.53. The van der Waals surface area contributed by atoms with Crippen LogP contribution in [0.15, 0.2) is 47.3 Å². The van der Waals surface area contributed by atoms with E-state index in [4.69, 9.17) is 5.73 Å². The molecule has 2 aromatic rings. The Kier molecular flexibility index (Phi) is 4.76. The number of carbonyl (C=O) groups is 1. The second-order valence-corrected chi connectivity index (χ2v) is 6.32. The maximum Gasteiger partial charge on any atom is 0.274 e. The van der Waals surface area contributed by atoms with Crippen LogP contribution in [0.3, 0.4) is 0 Å². The van der Waals surface area contributed by atoms with Crippen LogP contribution in [0.2, 0.25) is 0 Å². The first-order valence-electron chi connectivity index (χ1n) is 8.27. The molecule has 0 bridgehead atoms. The predicted octanol–water partition coefficient (Wildman–Crippen LogP) is 1.43. The van der Waals surface area contributed by atoms with Crippen molar-refractivity contribution in [3.05, 3.63) is 58.5 Å². The zero-order chi connectivity index (χ0) is 17.1. The van der Waals surface area contributed by atoms with Gasteiger partial charge in [0.05, 0.1) is 5.69 Å². The molecule has 6 nitrogen and oxygen atoms in total. The summed E-state index contributed by atoms with van der Waals surface area (Å²) in [5.41, 5.74) is 6.49. The molecule has 1 aromatic heterocycles. The largest absolute Gasteiger partial charge is 0.333 e. The van der Waals surface area contributed by atoms with Crippen LogP contribution in [0.5, 0.6) is 0 Å². The first kappa shape index (κ1) is 16.4. The average molecular weight is 326 g/mol. The number of hydrogen-bond donors (Lipinski definition) is 1. The van der Waals surface area contributed by atoms with Crippen LogP contribution >= 0.6 is 0 Å². The van der Waals surface area contributed by atoms with E-state index in [0.29, 0.717) is 24.7 Å². The topological polar surface area (TPSA) is 81.2 Å². The first-order chi connectivity index (χ1) is 11.6. The van der Waals surface area contributed by atoms with Gasteiger partial charge in [-0.15, -0.1) is 0 Å².